The van der Waals surface area contributed by atoms with Gasteiger partial charge in [0.25, 0.3) is 10.0 Å². The fraction of sp³-hybridized carbons (Fsp3) is 0.500. The van der Waals surface area contributed by atoms with Crippen LogP contribution in [0.5, 0.6) is 0 Å². The summed E-state index contributed by atoms with van der Waals surface area (Å²) in [5.74, 6) is -0.209. The van der Waals surface area contributed by atoms with Gasteiger partial charge in [-0.2, -0.15) is 0 Å². The maximum atomic E-state index is 12.0. The molecule has 1 saturated heterocycles. The monoisotopic (exact) mass is 327 g/mol. The number of likely N-dealkylation sites (tertiary alicyclic amines) is 1. The van der Waals surface area contributed by atoms with Crippen LogP contribution in [0.1, 0.15) is 19.8 Å². The Morgan fingerprint density at radius 2 is 1.86 bits per heavy atom. The molecule has 1 aromatic rings. The van der Waals surface area contributed by atoms with Crippen LogP contribution >= 0.6 is 0 Å². The lowest BCUT2D eigenvalue weighted by Crippen LogP contribution is -2.30. The van der Waals surface area contributed by atoms with Gasteiger partial charge in [0.2, 0.25) is 5.91 Å². The number of carbonyl (C=O) groups excluding carboxylic acids is 1. The molecule has 2 rings (SSSR count). The van der Waals surface area contributed by atoms with E-state index in [2.05, 4.69) is 15.1 Å². The molecule has 1 aliphatic rings. The molecular formula is C14H21N3O4S. The van der Waals surface area contributed by atoms with E-state index in [1.807, 2.05) is 0 Å². The summed E-state index contributed by atoms with van der Waals surface area (Å²) in [5, 5.41) is 2.58. The van der Waals surface area contributed by atoms with Crippen molar-refractivity contribution in [2.45, 2.75) is 24.7 Å². The van der Waals surface area contributed by atoms with E-state index in [1.165, 1.54) is 44.0 Å². The molecule has 0 radical (unpaired) electrons. The third-order valence-corrected chi connectivity index (χ3v) is 4.59. The van der Waals surface area contributed by atoms with Crippen molar-refractivity contribution in [3.63, 3.8) is 0 Å². The Balaban J connectivity index is 1.82. The van der Waals surface area contributed by atoms with Crippen LogP contribution < -0.4 is 10.2 Å². The molecule has 122 valence electrons. The van der Waals surface area contributed by atoms with Gasteiger partial charge >= 0.3 is 0 Å². The largest absolute Gasteiger partial charge is 0.326 e. The quantitative estimate of drug-likeness (QED) is 0.575. The van der Waals surface area contributed by atoms with E-state index >= 15 is 0 Å². The Morgan fingerprint density at radius 1 is 1.23 bits per heavy atom. The lowest BCUT2D eigenvalue weighted by atomic mass is 10.3. The van der Waals surface area contributed by atoms with Gasteiger partial charge in [0, 0.05) is 19.2 Å². The van der Waals surface area contributed by atoms with Crippen LogP contribution in [-0.4, -0.2) is 45.5 Å². The Bertz CT molecular complexity index is 595. The Hall–Kier alpha value is -1.48. The van der Waals surface area contributed by atoms with Crippen LogP contribution in [0, 0.1) is 0 Å². The minimum absolute atomic E-state index is 0.0859. The van der Waals surface area contributed by atoms with E-state index < -0.39 is 10.0 Å². The molecule has 1 fully saturated rings. The fourth-order valence-electron chi connectivity index (χ4n) is 2.27. The molecule has 0 atom stereocenters. The third-order valence-electron chi connectivity index (χ3n) is 3.36. The molecule has 0 saturated carbocycles. The van der Waals surface area contributed by atoms with E-state index in [-0.39, 0.29) is 10.8 Å². The number of nitrogens with zero attached hydrogens (tertiary/aromatic N) is 1. The molecular weight excluding hydrogens is 306 g/mol. The van der Waals surface area contributed by atoms with Crippen molar-refractivity contribution >= 4 is 21.6 Å². The number of carbonyl (C=O) groups is 1. The SMILES string of the molecule is CC(=O)Nc1ccc(S(=O)(=O)NOCCN2CCCC2)cc1. The predicted octanol–water partition coefficient (Wildman–Crippen LogP) is 0.951. The van der Waals surface area contributed by atoms with Crippen LogP contribution in [0.3, 0.4) is 0 Å². The first kappa shape index (κ1) is 16.9. The van der Waals surface area contributed by atoms with Crippen molar-refractivity contribution in [1.82, 2.24) is 9.79 Å². The summed E-state index contributed by atoms with van der Waals surface area (Å²) in [6.45, 7) is 4.50. The van der Waals surface area contributed by atoms with Crippen molar-refractivity contribution in [1.29, 1.82) is 0 Å². The molecule has 1 aliphatic heterocycles. The van der Waals surface area contributed by atoms with Gasteiger partial charge < -0.3 is 10.2 Å². The number of rotatable bonds is 7. The van der Waals surface area contributed by atoms with E-state index in [1.54, 1.807) is 0 Å². The molecule has 0 aliphatic carbocycles. The summed E-state index contributed by atoms with van der Waals surface area (Å²) < 4.78 is 24.0. The summed E-state index contributed by atoms with van der Waals surface area (Å²) in [6.07, 6.45) is 2.37. The molecule has 1 heterocycles. The zero-order valence-electron chi connectivity index (χ0n) is 12.5. The van der Waals surface area contributed by atoms with Crippen LogP contribution in [0.15, 0.2) is 29.2 Å². The summed E-state index contributed by atoms with van der Waals surface area (Å²) in [7, 11) is -3.70. The van der Waals surface area contributed by atoms with Crippen molar-refractivity contribution in [2.24, 2.45) is 0 Å². The highest BCUT2D eigenvalue weighted by Crippen LogP contribution is 2.14. The van der Waals surface area contributed by atoms with Crippen LogP contribution in [0.25, 0.3) is 0 Å². The van der Waals surface area contributed by atoms with Crippen molar-refractivity contribution in [3.8, 4) is 0 Å². The van der Waals surface area contributed by atoms with Gasteiger partial charge in [0.1, 0.15) is 0 Å². The van der Waals surface area contributed by atoms with Crippen LogP contribution in [0.2, 0.25) is 0 Å². The minimum Gasteiger partial charge on any atom is -0.326 e. The van der Waals surface area contributed by atoms with E-state index in [9.17, 15) is 13.2 Å². The fourth-order valence-corrected chi connectivity index (χ4v) is 3.10. The standard InChI is InChI=1S/C14H21N3O4S/c1-12(18)15-13-4-6-14(7-5-13)22(19,20)16-21-11-10-17-8-2-3-9-17/h4-7,16H,2-3,8-11H2,1H3,(H,15,18). The highest BCUT2D eigenvalue weighted by atomic mass is 32.2. The number of sulfonamides is 1. The van der Waals surface area contributed by atoms with E-state index in [4.69, 9.17) is 4.84 Å². The van der Waals surface area contributed by atoms with E-state index in [0.717, 1.165) is 13.1 Å². The zero-order valence-corrected chi connectivity index (χ0v) is 13.4. The van der Waals surface area contributed by atoms with Gasteiger partial charge in [0.05, 0.1) is 11.5 Å². The zero-order chi connectivity index (χ0) is 16.0. The second-order valence-electron chi connectivity index (χ2n) is 5.19. The summed E-state index contributed by atoms with van der Waals surface area (Å²) in [5.41, 5.74) is 0.543. The van der Waals surface area contributed by atoms with Gasteiger partial charge in [-0.15, -0.1) is 0 Å². The molecule has 0 unspecified atom stereocenters. The minimum atomic E-state index is -3.70. The molecule has 1 amide bonds. The average Bonchev–Trinajstić information content (AvgIpc) is 2.97. The molecule has 0 aromatic heterocycles. The smallest absolute Gasteiger partial charge is 0.262 e. The molecule has 7 nitrogen and oxygen atoms in total. The lowest BCUT2D eigenvalue weighted by Gasteiger charge is -2.14. The first-order valence-corrected chi connectivity index (χ1v) is 8.69. The highest BCUT2D eigenvalue weighted by molar-refractivity contribution is 7.89. The van der Waals surface area contributed by atoms with Gasteiger partial charge in [-0.05, 0) is 50.2 Å². The Kier molecular flexibility index (Phi) is 5.90. The third kappa shape index (κ3) is 5.06. The van der Waals surface area contributed by atoms with Crippen LogP contribution in [0.4, 0.5) is 5.69 Å². The average molecular weight is 327 g/mol. The Morgan fingerprint density at radius 3 is 2.45 bits per heavy atom. The highest BCUT2D eigenvalue weighted by Gasteiger charge is 2.15. The number of hydrogen-bond acceptors (Lipinski definition) is 5. The summed E-state index contributed by atoms with van der Waals surface area (Å²) in [6, 6.07) is 5.88. The van der Waals surface area contributed by atoms with Crippen molar-refractivity contribution in [2.75, 3.05) is 31.6 Å². The predicted molar refractivity (Wildman–Crippen MR) is 82.7 cm³/mol. The maximum Gasteiger partial charge on any atom is 0.262 e. The van der Waals surface area contributed by atoms with Gasteiger partial charge in [-0.3, -0.25) is 9.63 Å². The first-order chi connectivity index (χ1) is 10.5. The number of amides is 1. The number of anilines is 1. The molecule has 1 aromatic carbocycles. The summed E-state index contributed by atoms with van der Waals surface area (Å²) in [4.78, 5) is 20.4. The topological polar surface area (TPSA) is 87.7 Å². The maximum absolute atomic E-state index is 12.0. The lowest BCUT2D eigenvalue weighted by molar-refractivity contribution is -0.114. The second kappa shape index (κ2) is 7.68. The van der Waals surface area contributed by atoms with Crippen molar-refractivity contribution < 1.29 is 18.0 Å². The van der Waals surface area contributed by atoms with Crippen LogP contribution in [-0.2, 0) is 19.7 Å². The van der Waals surface area contributed by atoms with Gasteiger partial charge in [-0.1, -0.05) is 4.89 Å². The molecule has 8 heteroatoms. The number of nitrogens with one attached hydrogen (secondary N) is 2. The molecule has 2 N–H and O–H groups in total. The van der Waals surface area contributed by atoms with Gasteiger partial charge in [-0.25, -0.2) is 8.42 Å². The number of benzene rings is 1. The summed E-state index contributed by atoms with van der Waals surface area (Å²) >= 11 is 0. The molecule has 22 heavy (non-hydrogen) atoms. The normalized spacial score (nSPS) is 15.9. The molecule has 0 bridgehead atoms. The van der Waals surface area contributed by atoms with Gasteiger partial charge in [0.15, 0.2) is 0 Å². The first-order valence-electron chi connectivity index (χ1n) is 7.21. The van der Waals surface area contributed by atoms with Crippen molar-refractivity contribution in [3.05, 3.63) is 24.3 Å². The molecule has 0 spiro atoms. The Labute approximate surface area is 130 Å². The number of hydrogen-bond donors (Lipinski definition) is 2. The van der Waals surface area contributed by atoms with E-state index in [0.29, 0.717) is 18.8 Å². The second-order valence-corrected chi connectivity index (χ2v) is 6.83.